The SMILES string of the molecule is C=C(C)CCC(=O)C(C)CNCC. The lowest BCUT2D eigenvalue weighted by molar-refractivity contribution is -0.122. The summed E-state index contributed by atoms with van der Waals surface area (Å²) in [5.41, 5.74) is 1.09. The molecule has 0 amide bonds. The number of nitrogens with one attached hydrogen (secondary N) is 1. The van der Waals surface area contributed by atoms with Crippen molar-refractivity contribution in [2.75, 3.05) is 13.1 Å². The summed E-state index contributed by atoms with van der Waals surface area (Å²) < 4.78 is 0. The monoisotopic (exact) mass is 183 g/mol. The normalized spacial score (nSPS) is 12.5. The number of ketones is 1. The first kappa shape index (κ1) is 12.4. The Kier molecular flexibility index (Phi) is 6.51. The first-order valence-electron chi connectivity index (χ1n) is 4.95. The maximum Gasteiger partial charge on any atom is 0.137 e. The summed E-state index contributed by atoms with van der Waals surface area (Å²) in [6.07, 6.45) is 1.47. The molecule has 2 heteroatoms. The van der Waals surface area contributed by atoms with Crippen molar-refractivity contribution < 1.29 is 4.79 Å². The van der Waals surface area contributed by atoms with Gasteiger partial charge in [-0.25, -0.2) is 0 Å². The van der Waals surface area contributed by atoms with Crippen molar-refractivity contribution >= 4 is 5.78 Å². The Bertz CT molecular complexity index is 175. The van der Waals surface area contributed by atoms with Crippen LogP contribution in [0.4, 0.5) is 0 Å². The molecule has 0 radical (unpaired) electrons. The van der Waals surface area contributed by atoms with Gasteiger partial charge in [-0.1, -0.05) is 19.4 Å². The Hall–Kier alpha value is -0.630. The number of carbonyl (C=O) groups excluding carboxylic acids is 1. The van der Waals surface area contributed by atoms with Crippen LogP contribution in [0, 0.1) is 5.92 Å². The molecule has 0 heterocycles. The summed E-state index contributed by atoms with van der Waals surface area (Å²) in [6, 6.07) is 0. The Labute approximate surface area is 81.4 Å². The molecule has 0 fully saturated rings. The van der Waals surface area contributed by atoms with Gasteiger partial charge >= 0.3 is 0 Å². The van der Waals surface area contributed by atoms with Gasteiger partial charge in [0, 0.05) is 18.9 Å². The maximum absolute atomic E-state index is 11.5. The minimum Gasteiger partial charge on any atom is -0.316 e. The number of Topliss-reactive ketones (excluding diaryl/α,β-unsaturated/α-hetero) is 1. The Morgan fingerprint density at radius 1 is 1.46 bits per heavy atom. The zero-order valence-corrected chi connectivity index (χ0v) is 9.02. The van der Waals surface area contributed by atoms with Crippen molar-refractivity contribution in [1.82, 2.24) is 5.32 Å². The summed E-state index contributed by atoms with van der Waals surface area (Å²) in [7, 11) is 0. The largest absolute Gasteiger partial charge is 0.316 e. The Morgan fingerprint density at radius 3 is 2.54 bits per heavy atom. The van der Waals surface area contributed by atoms with E-state index in [4.69, 9.17) is 0 Å². The van der Waals surface area contributed by atoms with E-state index in [9.17, 15) is 4.79 Å². The predicted molar refractivity (Wildman–Crippen MR) is 56.8 cm³/mol. The molecule has 1 atom stereocenters. The molecular weight excluding hydrogens is 162 g/mol. The average Bonchev–Trinajstić information content (AvgIpc) is 2.10. The summed E-state index contributed by atoms with van der Waals surface area (Å²) >= 11 is 0. The van der Waals surface area contributed by atoms with Gasteiger partial charge in [0.1, 0.15) is 5.78 Å². The lowest BCUT2D eigenvalue weighted by Crippen LogP contribution is -2.26. The molecule has 0 aromatic carbocycles. The highest BCUT2D eigenvalue weighted by Crippen LogP contribution is 2.06. The van der Waals surface area contributed by atoms with Crippen molar-refractivity contribution in [1.29, 1.82) is 0 Å². The highest BCUT2D eigenvalue weighted by atomic mass is 16.1. The van der Waals surface area contributed by atoms with Gasteiger partial charge in [-0.3, -0.25) is 4.79 Å². The van der Waals surface area contributed by atoms with Crippen LogP contribution in [-0.4, -0.2) is 18.9 Å². The molecule has 1 N–H and O–H groups in total. The van der Waals surface area contributed by atoms with Gasteiger partial charge in [-0.05, 0) is 19.9 Å². The number of carbonyl (C=O) groups is 1. The maximum atomic E-state index is 11.5. The van der Waals surface area contributed by atoms with Crippen molar-refractivity contribution in [3.05, 3.63) is 12.2 Å². The number of rotatable bonds is 7. The van der Waals surface area contributed by atoms with Crippen LogP contribution in [0.1, 0.15) is 33.6 Å². The second-order valence-electron chi connectivity index (χ2n) is 3.63. The van der Waals surface area contributed by atoms with Crippen molar-refractivity contribution in [2.45, 2.75) is 33.6 Å². The minimum atomic E-state index is 0.138. The molecule has 0 saturated heterocycles. The van der Waals surface area contributed by atoms with E-state index < -0.39 is 0 Å². The quantitative estimate of drug-likeness (QED) is 0.613. The van der Waals surface area contributed by atoms with Crippen LogP contribution in [0.3, 0.4) is 0 Å². The van der Waals surface area contributed by atoms with Crippen LogP contribution < -0.4 is 5.32 Å². The fourth-order valence-corrected chi connectivity index (χ4v) is 1.06. The van der Waals surface area contributed by atoms with E-state index in [2.05, 4.69) is 11.9 Å². The molecule has 0 aromatic rings. The second-order valence-corrected chi connectivity index (χ2v) is 3.63. The summed E-state index contributed by atoms with van der Waals surface area (Å²) in [4.78, 5) is 11.5. The number of hydrogen-bond donors (Lipinski definition) is 1. The topological polar surface area (TPSA) is 29.1 Å². The summed E-state index contributed by atoms with van der Waals surface area (Å²) in [5.74, 6) is 0.475. The molecule has 0 aliphatic rings. The standard InChI is InChI=1S/C11H21NO/c1-5-12-8-10(4)11(13)7-6-9(2)3/h10,12H,2,5-8H2,1,3-4H3. The molecule has 0 saturated carbocycles. The molecule has 0 aliphatic carbocycles. The Balaban J connectivity index is 3.63. The molecule has 0 aliphatic heterocycles. The first-order valence-corrected chi connectivity index (χ1v) is 4.95. The molecule has 0 aromatic heterocycles. The molecule has 0 rings (SSSR count). The smallest absolute Gasteiger partial charge is 0.137 e. The van der Waals surface area contributed by atoms with Gasteiger partial charge in [0.15, 0.2) is 0 Å². The van der Waals surface area contributed by atoms with Gasteiger partial charge < -0.3 is 5.32 Å². The number of hydrogen-bond acceptors (Lipinski definition) is 2. The van der Waals surface area contributed by atoms with Crippen LogP contribution in [0.25, 0.3) is 0 Å². The van der Waals surface area contributed by atoms with Gasteiger partial charge in [-0.15, -0.1) is 6.58 Å². The van der Waals surface area contributed by atoms with E-state index in [0.29, 0.717) is 12.2 Å². The highest BCUT2D eigenvalue weighted by Gasteiger charge is 2.11. The molecule has 13 heavy (non-hydrogen) atoms. The number of allylic oxidation sites excluding steroid dienone is 1. The zero-order valence-electron chi connectivity index (χ0n) is 9.02. The third-order valence-corrected chi connectivity index (χ3v) is 2.05. The summed E-state index contributed by atoms with van der Waals surface area (Å²) in [6.45, 7) is 11.5. The van der Waals surface area contributed by atoms with Crippen LogP contribution >= 0.6 is 0 Å². The van der Waals surface area contributed by atoms with Crippen LogP contribution in [0.15, 0.2) is 12.2 Å². The Morgan fingerprint density at radius 2 is 2.08 bits per heavy atom. The van der Waals surface area contributed by atoms with E-state index in [1.54, 1.807) is 0 Å². The fourth-order valence-electron chi connectivity index (χ4n) is 1.06. The fraction of sp³-hybridized carbons (Fsp3) is 0.727. The van der Waals surface area contributed by atoms with E-state index in [-0.39, 0.29) is 5.92 Å². The van der Waals surface area contributed by atoms with Crippen molar-refractivity contribution in [2.24, 2.45) is 5.92 Å². The average molecular weight is 183 g/mol. The predicted octanol–water partition coefficient (Wildman–Crippen LogP) is 2.16. The van der Waals surface area contributed by atoms with Crippen LogP contribution in [0.5, 0.6) is 0 Å². The third-order valence-electron chi connectivity index (χ3n) is 2.05. The van der Waals surface area contributed by atoms with Crippen molar-refractivity contribution in [3.63, 3.8) is 0 Å². The lowest BCUT2D eigenvalue weighted by atomic mass is 10.0. The third kappa shape index (κ3) is 6.52. The van der Waals surface area contributed by atoms with E-state index in [0.717, 1.165) is 25.1 Å². The molecule has 1 unspecified atom stereocenters. The van der Waals surface area contributed by atoms with Gasteiger partial charge in [0.25, 0.3) is 0 Å². The minimum absolute atomic E-state index is 0.138. The molecule has 2 nitrogen and oxygen atoms in total. The first-order chi connectivity index (χ1) is 6.07. The lowest BCUT2D eigenvalue weighted by Gasteiger charge is -2.10. The second kappa shape index (κ2) is 6.84. The van der Waals surface area contributed by atoms with Crippen LogP contribution in [0.2, 0.25) is 0 Å². The van der Waals surface area contributed by atoms with Gasteiger partial charge in [0.05, 0.1) is 0 Å². The van der Waals surface area contributed by atoms with Crippen LogP contribution in [-0.2, 0) is 4.79 Å². The van der Waals surface area contributed by atoms with E-state index >= 15 is 0 Å². The van der Waals surface area contributed by atoms with E-state index in [1.165, 1.54) is 0 Å². The summed E-state index contributed by atoms with van der Waals surface area (Å²) in [5, 5.41) is 3.17. The van der Waals surface area contributed by atoms with E-state index in [1.807, 2.05) is 20.8 Å². The molecule has 76 valence electrons. The zero-order chi connectivity index (χ0) is 10.3. The molecule has 0 spiro atoms. The van der Waals surface area contributed by atoms with Gasteiger partial charge in [-0.2, -0.15) is 0 Å². The highest BCUT2D eigenvalue weighted by molar-refractivity contribution is 5.81. The molecule has 0 bridgehead atoms. The van der Waals surface area contributed by atoms with Gasteiger partial charge in [0.2, 0.25) is 0 Å². The van der Waals surface area contributed by atoms with Crippen molar-refractivity contribution in [3.8, 4) is 0 Å². The molecular formula is C11H21NO.